The molecule has 0 bridgehead atoms. The number of anilines is 1. The Kier molecular flexibility index (Phi) is 6.88. The normalized spacial score (nSPS) is 16.1. The maximum absolute atomic E-state index is 14.9. The predicted octanol–water partition coefficient (Wildman–Crippen LogP) is 3.80. The molecule has 3 aromatic rings. The van der Waals surface area contributed by atoms with Gasteiger partial charge in [-0.3, -0.25) is 14.5 Å². The maximum Gasteiger partial charge on any atom is 0.414 e. The minimum atomic E-state index is -0.938. The molecule has 35 heavy (non-hydrogen) atoms. The van der Waals surface area contributed by atoms with Crippen LogP contribution in [0.1, 0.15) is 22.8 Å². The Morgan fingerprint density at radius 2 is 1.77 bits per heavy atom. The second-order valence-corrected chi connectivity index (χ2v) is 8.22. The molecule has 180 valence electrons. The van der Waals surface area contributed by atoms with Gasteiger partial charge in [-0.2, -0.15) is 0 Å². The first-order valence-electron chi connectivity index (χ1n) is 10.9. The highest BCUT2D eigenvalue weighted by atomic mass is 19.1. The standard InChI is InChI=1S/C26H23F2N3O4/c1-15(32)24(29)23-14-31(26(34)35-23)20-10-11-21(22(28)12-20)17-4-2-16(3-5-17)13-30-25(33)18-6-8-19(27)9-7-18/h2-12,23-24H,13-14,29H2,1H3,(H,30,33)/t23?,24-/m1/s1. The zero-order valence-electron chi connectivity index (χ0n) is 18.8. The van der Waals surface area contributed by atoms with Crippen LogP contribution < -0.4 is 16.0 Å². The van der Waals surface area contributed by atoms with Crippen molar-refractivity contribution >= 4 is 23.5 Å². The second kappa shape index (κ2) is 10.0. The monoisotopic (exact) mass is 479 g/mol. The SMILES string of the molecule is CC(=O)[C@@H](N)C1CN(c2ccc(-c3ccc(CNC(=O)c4ccc(F)cc4)cc3)c(F)c2)C(=O)O1. The lowest BCUT2D eigenvalue weighted by Gasteiger charge is -2.16. The molecule has 0 aliphatic carbocycles. The van der Waals surface area contributed by atoms with E-state index in [9.17, 15) is 23.2 Å². The van der Waals surface area contributed by atoms with E-state index < -0.39 is 29.9 Å². The van der Waals surface area contributed by atoms with Crippen molar-refractivity contribution in [1.82, 2.24) is 5.32 Å². The topological polar surface area (TPSA) is 102 Å². The van der Waals surface area contributed by atoms with Gasteiger partial charge in [0.1, 0.15) is 29.6 Å². The van der Waals surface area contributed by atoms with Crippen molar-refractivity contribution in [3.63, 3.8) is 0 Å². The van der Waals surface area contributed by atoms with Crippen molar-refractivity contribution in [2.24, 2.45) is 5.73 Å². The number of halogens is 2. The minimum absolute atomic E-state index is 0.0523. The Bertz CT molecular complexity index is 1260. The molecular weight excluding hydrogens is 456 g/mol. The summed E-state index contributed by atoms with van der Waals surface area (Å²) in [5.41, 5.74) is 8.17. The highest BCUT2D eigenvalue weighted by Gasteiger charge is 2.37. The third-order valence-electron chi connectivity index (χ3n) is 5.79. The van der Waals surface area contributed by atoms with E-state index in [-0.39, 0.29) is 24.8 Å². The molecular formula is C26H23F2N3O4. The van der Waals surface area contributed by atoms with Crippen LogP contribution in [0.5, 0.6) is 0 Å². The Labute approximate surface area is 200 Å². The number of carbonyl (C=O) groups is 3. The van der Waals surface area contributed by atoms with Crippen LogP contribution >= 0.6 is 0 Å². The van der Waals surface area contributed by atoms with Gasteiger partial charge in [0.15, 0.2) is 0 Å². The van der Waals surface area contributed by atoms with Gasteiger partial charge in [0.2, 0.25) is 0 Å². The molecule has 0 spiro atoms. The highest BCUT2D eigenvalue weighted by Crippen LogP contribution is 2.29. The number of carbonyl (C=O) groups excluding carboxylic acids is 3. The van der Waals surface area contributed by atoms with Gasteiger partial charge < -0.3 is 15.8 Å². The van der Waals surface area contributed by atoms with Crippen LogP contribution in [-0.2, 0) is 16.1 Å². The zero-order chi connectivity index (χ0) is 25.1. The van der Waals surface area contributed by atoms with Crippen molar-refractivity contribution in [3.8, 4) is 11.1 Å². The first-order chi connectivity index (χ1) is 16.7. The summed E-state index contributed by atoms with van der Waals surface area (Å²) in [6.07, 6.45) is -1.48. The van der Waals surface area contributed by atoms with Crippen LogP contribution in [0, 0.1) is 11.6 Å². The number of amides is 2. The van der Waals surface area contributed by atoms with Crippen LogP contribution in [0.2, 0.25) is 0 Å². The van der Waals surface area contributed by atoms with Crippen LogP contribution in [0.3, 0.4) is 0 Å². The van der Waals surface area contributed by atoms with Crippen molar-refractivity contribution in [3.05, 3.63) is 89.5 Å². The van der Waals surface area contributed by atoms with Crippen LogP contribution in [0.25, 0.3) is 11.1 Å². The quantitative estimate of drug-likeness (QED) is 0.537. The average molecular weight is 479 g/mol. The molecule has 3 aromatic carbocycles. The molecule has 2 atom stereocenters. The highest BCUT2D eigenvalue weighted by molar-refractivity contribution is 5.94. The third kappa shape index (κ3) is 5.36. The van der Waals surface area contributed by atoms with E-state index >= 15 is 0 Å². The van der Waals surface area contributed by atoms with Gasteiger partial charge in [0, 0.05) is 17.7 Å². The van der Waals surface area contributed by atoms with E-state index in [0.29, 0.717) is 22.4 Å². The summed E-state index contributed by atoms with van der Waals surface area (Å²) >= 11 is 0. The van der Waals surface area contributed by atoms with Crippen LogP contribution in [0.4, 0.5) is 19.3 Å². The molecule has 9 heteroatoms. The van der Waals surface area contributed by atoms with Crippen molar-refractivity contribution < 1.29 is 27.9 Å². The van der Waals surface area contributed by atoms with E-state index in [0.717, 1.165) is 5.56 Å². The Morgan fingerprint density at radius 1 is 1.09 bits per heavy atom. The third-order valence-corrected chi connectivity index (χ3v) is 5.79. The number of nitrogens with zero attached hydrogens (tertiary/aromatic N) is 1. The number of ether oxygens (including phenoxy) is 1. The summed E-state index contributed by atoms with van der Waals surface area (Å²) in [6, 6.07) is 15.7. The lowest BCUT2D eigenvalue weighted by atomic mass is 10.0. The Balaban J connectivity index is 1.41. The fourth-order valence-electron chi connectivity index (χ4n) is 3.74. The number of rotatable bonds is 7. The Morgan fingerprint density at radius 3 is 2.40 bits per heavy atom. The largest absolute Gasteiger partial charge is 0.442 e. The van der Waals surface area contributed by atoms with Gasteiger partial charge in [-0.25, -0.2) is 13.6 Å². The van der Waals surface area contributed by atoms with E-state index in [2.05, 4.69) is 5.32 Å². The fraction of sp³-hybridized carbons (Fsp3) is 0.192. The molecule has 4 rings (SSSR count). The van der Waals surface area contributed by atoms with Crippen LogP contribution in [0.15, 0.2) is 66.7 Å². The zero-order valence-corrected chi connectivity index (χ0v) is 18.8. The maximum atomic E-state index is 14.9. The molecule has 2 amide bonds. The molecule has 1 aliphatic heterocycles. The number of benzene rings is 3. The van der Waals surface area contributed by atoms with E-state index in [1.54, 1.807) is 36.4 Å². The van der Waals surface area contributed by atoms with E-state index in [1.807, 2.05) is 0 Å². The summed E-state index contributed by atoms with van der Waals surface area (Å²) < 4.78 is 33.1. The summed E-state index contributed by atoms with van der Waals surface area (Å²) in [5, 5.41) is 2.75. The smallest absolute Gasteiger partial charge is 0.414 e. The first kappa shape index (κ1) is 24.0. The van der Waals surface area contributed by atoms with Crippen LogP contribution in [-0.4, -0.2) is 36.5 Å². The number of nitrogens with two attached hydrogens (primary N) is 1. The Hall–Kier alpha value is -4.11. The fourth-order valence-corrected chi connectivity index (χ4v) is 3.74. The molecule has 1 unspecified atom stereocenters. The van der Waals surface area contributed by atoms with Crippen molar-refractivity contribution in [1.29, 1.82) is 0 Å². The average Bonchev–Trinajstić information content (AvgIpc) is 3.24. The molecule has 1 saturated heterocycles. The molecule has 7 nitrogen and oxygen atoms in total. The number of hydrogen-bond acceptors (Lipinski definition) is 5. The van der Waals surface area contributed by atoms with Crippen molar-refractivity contribution in [2.45, 2.75) is 25.6 Å². The number of hydrogen-bond donors (Lipinski definition) is 2. The number of cyclic esters (lactones) is 1. The molecule has 0 saturated carbocycles. The van der Waals surface area contributed by atoms with E-state index in [1.165, 1.54) is 42.2 Å². The predicted molar refractivity (Wildman–Crippen MR) is 126 cm³/mol. The minimum Gasteiger partial charge on any atom is -0.442 e. The molecule has 0 aromatic heterocycles. The molecule has 1 heterocycles. The lowest BCUT2D eigenvalue weighted by molar-refractivity contribution is -0.120. The summed E-state index contributed by atoms with van der Waals surface area (Å²) in [4.78, 5) is 37.1. The molecule has 3 N–H and O–H groups in total. The number of ketones is 1. The van der Waals surface area contributed by atoms with Gasteiger partial charge in [-0.15, -0.1) is 0 Å². The summed E-state index contributed by atoms with van der Waals surface area (Å²) in [5.74, 6) is -1.58. The number of nitrogens with one attached hydrogen (secondary N) is 1. The van der Waals surface area contributed by atoms with Gasteiger partial charge in [0.25, 0.3) is 5.91 Å². The summed E-state index contributed by atoms with van der Waals surface area (Å²) in [6.45, 7) is 1.62. The van der Waals surface area contributed by atoms with Gasteiger partial charge in [-0.1, -0.05) is 24.3 Å². The second-order valence-electron chi connectivity index (χ2n) is 8.22. The molecule has 1 aliphatic rings. The summed E-state index contributed by atoms with van der Waals surface area (Å²) in [7, 11) is 0. The molecule has 0 radical (unpaired) electrons. The van der Waals surface area contributed by atoms with Gasteiger partial charge in [-0.05, 0) is 60.5 Å². The lowest BCUT2D eigenvalue weighted by Crippen LogP contribution is -2.43. The first-order valence-corrected chi connectivity index (χ1v) is 10.9. The van der Waals surface area contributed by atoms with Gasteiger partial charge in [0.05, 0.1) is 12.2 Å². The molecule has 1 fully saturated rings. The van der Waals surface area contributed by atoms with E-state index in [4.69, 9.17) is 10.5 Å². The number of Topliss-reactive ketones (excluding diaryl/α,β-unsaturated/α-hetero) is 1. The van der Waals surface area contributed by atoms with Gasteiger partial charge >= 0.3 is 6.09 Å². The van der Waals surface area contributed by atoms with Crippen molar-refractivity contribution in [2.75, 3.05) is 11.4 Å².